The zero-order valence-electron chi connectivity index (χ0n) is 35.8. The van der Waals surface area contributed by atoms with E-state index in [9.17, 15) is 0 Å². The first kappa shape index (κ1) is 37.3. The molecule has 1 nitrogen and oxygen atoms in total. The van der Waals surface area contributed by atoms with E-state index in [-0.39, 0.29) is 5.41 Å². The second-order valence-corrected chi connectivity index (χ2v) is 19.3. The number of hydrogen-bond donors (Lipinski definition) is 0. The highest BCUT2D eigenvalue weighted by molar-refractivity contribution is 5.98. The van der Waals surface area contributed by atoms with E-state index >= 15 is 0 Å². The Bertz CT molecular complexity index is 2910. The average molecular weight is 800 g/mol. The van der Waals surface area contributed by atoms with Crippen molar-refractivity contribution in [3.8, 4) is 55.6 Å². The van der Waals surface area contributed by atoms with Crippen molar-refractivity contribution in [3.05, 3.63) is 211 Å². The molecular weight excluding hydrogens is 747 g/mol. The molecule has 0 unspecified atom stereocenters. The number of rotatable bonds is 8. The van der Waals surface area contributed by atoms with Crippen LogP contribution < -0.4 is 4.90 Å². The van der Waals surface area contributed by atoms with Gasteiger partial charge in [-0.25, -0.2) is 0 Å². The Morgan fingerprint density at radius 2 is 0.887 bits per heavy atom. The molecule has 62 heavy (non-hydrogen) atoms. The summed E-state index contributed by atoms with van der Waals surface area (Å²) in [6.45, 7) is 4.82. The van der Waals surface area contributed by atoms with Gasteiger partial charge in [-0.1, -0.05) is 178 Å². The van der Waals surface area contributed by atoms with Crippen LogP contribution in [0, 0.1) is 23.7 Å². The number of benzene rings is 8. The van der Waals surface area contributed by atoms with Crippen LogP contribution in [0.5, 0.6) is 0 Å². The Kier molecular flexibility index (Phi) is 8.96. The summed E-state index contributed by atoms with van der Waals surface area (Å²) in [5.41, 5.74) is 20.3. The normalized spacial score (nSPS) is 21.4. The quantitative estimate of drug-likeness (QED) is 0.148. The molecule has 4 bridgehead atoms. The fraction of sp³-hybridized carbons (Fsp3) is 0.213. The van der Waals surface area contributed by atoms with Gasteiger partial charge in [0.05, 0.1) is 5.69 Å². The van der Waals surface area contributed by atoms with E-state index in [1.165, 1.54) is 116 Å². The number of anilines is 3. The molecule has 0 heterocycles. The first-order chi connectivity index (χ1) is 30.5. The standard InChI is InChI=1S/C61H53N/c1-61(2)56-26-15-25-50(43-18-7-4-8-19-43)60(56)55-33-32-48(39-57(55)61)62(47-30-28-44(29-31-47)59-45-35-40-34-41(37-45)38-46(59)36-40)58-27-14-13-24-54(58)53-23-12-11-22-52(53)51-21-10-9-20-49(51)42-16-5-3-6-17-42/h3-33,39-41,45-46,59H,34-38H2,1-2H3. The monoisotopic (exact) mass is 799 g/mol. The Balaban J connectivity index is 1.02. The third-order valence-electron chi connectivity index (χ3n) is 15.5. The molecule has 4 fully saturated rings. The Morgan fingerprint density at radius 3 is 1.53 bits per heavy atom. The molecule has 0 aromatic heterocycles. The predicted octanol–water partition coefficient (Wildman–Crippen LogP) is 16.7. The van der Waals surface area contributed by atoms with E-state index in [0.717, 1.165) is 23.7 Å². The molecule has 0 aliphatic heterocycles. The number of fused-ring (bicyclic) bond motifs is 3. The molecule has 0 N–H and O–H groups in total. The van der Waals surface area contributed by atoms with Crippen molar-refractivity contribution >= 4 is 17.1 Å². The lowest BCUT2D eigenvalue weighted by atomic mass is 9.51. The molecule has 0 atom stereocenters. The largest absolute Gasteiger partial charge is 0.310 e. The predicted molar refractivity (Wildman–Crippen MR) is 260 cm³/mol. The van der Waals surface area contributed by atoms with Crippen molar-refractivity contribution in [2.45, 2.75) is 57.3 Å². The summed E-state index contributed by atoms with van der Waals surface area (Å²) < 4.78 is 0. The number of hydrogen-bond acceptors (Lipinski definition) is 1. The molecule has 4 saturated carbocycles. The van der Waals surface area contributed by atoms with E-state index in [2.05, 4.69) is 213 Å². The maximum Gasteiger partial charge on any atom is 0.0540 e. The summed E-state index contributed by atoms with van der Waals surface area (Å²) in [6.07, 6.45) is 7.23. The van der Waals surface area contributed by atoms with Gasteiger partial charge < -0.3 is 4.90 Å². The van der Waals surface area contributed by atoms with Crippen LogP contribution in [0.1, 0.15) is 68.6 Å². The van der Waals surface area contributed by atoms with Crippen molar-refractivity contribution in [2.24, 2.45) is 23.7 Å². The van der Waals surface area contributed by atoms with Crippen LogP contribution in [-0.4, -0.2) is 0 Å². The maximum absolute atomic E-state index is 2.55. The highest BCUT2D eigenvalue weighted by Gasteiger charge is 2.48. The molecule has 13 rings (SSSR count). The minimum atomic E-state index is -0.173. The number of nitrogens with zero attached hydrogens (tertiary/aromatic N) is 1. The Morgan fingerprint density at radius 1 is 0.387 bits per heavy atom. The van der Waals surface area contributed by atoms with Crippen LogP contribution in [0.15, 0.2) is 194 Å². The third-order valence-corrected chi connectivity index (χ3v) is 15.5. The minimum Gasteiger partial charge on any atom is -0.310 e. The topological polar surface area (TPSA) is 3.24 Å². The summed E-state index contributed by atoms with van der Waals surface area (Å²) in [5, 5.41) is 0. The van der Waals surface area contributed by atoms with Crippen molar-refractivity contribution in [1.82, 2.24) is 0 Å². The first-order valence-corrected chi connectivity index (χ1v) is 23.1. The van der Waals surface area contributed by atoms with Crippen LogP contribution in [0.25, 0.3) is 55.6 Å². The van der Waals surface area contributed by atoms with Gasteiger partial charge >= 0.3 is 0 Å². The Labute approximate surface area is 367 Å². The molecule has 302 valence electrons. The van der Waals surface area contributed by atoms with Crippen molar-refractivity contribution in [1.29, 1.82) is 0 Å². The van der Waals surface area contributed by atoms with Crippen LogP contribution in [-0.2, 0) is 5.41 Å². The molecule has 0 spiro atoms. The molecule has 5 aliphatic carbocycles. The first-order valence-electron chi connectivity index (χ1n) is 23.1. The lowest BCUT2D eigenvalue weighted by molar-refractivity contribution is -0.00277. The van der Waals surface area contributed by atoms with Crippen molar-refractivity contribution < 1.29 is 0 Å². The molecule has 5 aliphatic rings. The van der Waals surface area contributed by atoms with Gasteiger partial charge in [-0.2, -0.15) is 0 Å². The lowest BCUT2D eigenvalue weighted by Crippen LogP contribution is -2.43. The SMILES string of the molecule is CC1(C)c2cc(N(c3ccc(C4C5CC6CC(C5)CC4C6)cc3)c3ccccc3-c3ccccc3-c3ccccc3-c3ccccc3)ccc2-c2c(-c3ccccc3)cccc21. The third kappa shape index (κ3) is 6.11. The van der Waals surface area contributed by atoms with Gasteiger partial charge in [-0.05, 0) is 159 Å². The summed E-state index contributed by atoms with van der Waals surface area (Å²) in [6, 6.07) is 72.8. The lowest BCUT2D eigenvalue weighted by Gasteiger charge is -2.54. The Hall–Kier alpha value is -6.44. The van der Waals surface area contributed by atoms with Crippen LogP contribution in [0.3, 0.4) is 0 Å². The molecule has 8 aromatic rings. The second kappa shape index (κ2) is 14.9. The molecule has 0 saturated heterocycles. The van der Waals surface area contributed by atoms with Crippen molar-refractivity contribution in [3.63, 3.8) is 0 Å². The van der Waals surface area contributed by atoms with Gasteiger partial charge in [0.15, 0.2) is 0 Å². The van der Waals surface area contributed by atoms with Gasteiger partial charge in [0, 0.05) is 22.4 Å². The summed E-state index contributed by atoms with van der Waals surface area (Å²) >= 11 is 0. The highest BCUT2D eigenvalue weighted by atomic mass is 15.1. The van der Waals surface area contributed by atoms with Gasteiger partial charge in [-0.15, -0.1) is 0 Å². The molecular formula is C61H53N. The zero-order chi connectivity index (χ0) is 41.4. The van der Waals surface area contributed by atoms with Gasteiger partial charge in [0.25, 0.3) is 0 Å². The van der Waals surface area contributed by atoms with Crippen LogP contribution in [0.4, 0.5) is 17.1 Å². The average Bonchev–Trinajstić information content (AvgIpc) is 3.55. The fourth-order valence-electron chi connectivity index (χ4n) is 13.0. The minimum absolute atomic E-state index is 0.173. The molecule has 1 heteroatoms. The van der Waals surface area contributed by atoms with Gasteiger partial charge in [0.2, 0.25) is 0 Å². The van der Waals surface area contributed by atoms with Crippen LogP contribution in [0.2, 0.25) is 0 Å². The van der Waals surface area contributed by atoms with E-state index in [0.29, 0.717) is 5.92 Å². The van der Waals surface area contributed by atoms with E-state index in [4.69, 9.17) is 0 Å². The maximum atomic E-state index is 2.55. The molecule has 0 amide bonds. The summed E-state index contributed by atoms with van der Waals surface area (Å²) in [4.78, 5) is 2.55. The van der Waals surface area contributed by atoms with E-state index in [1.54, 1.807) is 5.56 Å². The van der Waals surface area contributed by atoms with E-state index in [1.807, 2.05) is 0 Å². The van der Waals surface area contributed by atoms with Gasteiger partial charge in [-0.3, -0.25) is 0 Å². The molecule has 0 radical (unpaired) electrons. The highest BCUT2D eigenvalue weighted by Crippen LogP contribution is 2.60. The fourth-order valence-corrected chi connectivity index (χ4v) is 13.0. The van der Waals surface area contributed by atoms with Crippen LogP contribution >= 0.6 is 0 Å². The van der Waals surface area contributed by atoms with Crippen molar-refractivity contribution in [2.75, 3.05) is 4.90 Å². The second-order valence-electron chi connectivity index (χ2n) is 19.3. The summed E-state index contributed by atoms with van der Waals surface area (Å²) in [5.74, 6) is 4.35. The zero-order valence-corrected chi connectivity index (χ0v) is 35.8. The van der Waals surface area contributed by atoms with Gasteiger partial charge in [0.1, 0.15) is 0 Å². The van der Waals surface area contributed by atoms with E-state index < -0.39 is 0 Å². The number of para-hydroxylation sites is 1. The smallest absolute Gasteiger partial charge is 0.0540 e. The summed E-state index contributed by atoms with van der Waals surface area (Å²) in [7, 11) is 0. The molecule has 8 aromatic carbocycles.